The number of urea groups is 2. The molecule has 2 aliphatic rings. The highest BCUT2D eigenvalue weighted by molar-refractivity contribution is 5.96. The van der Waals surface area contributed by atoms with Crippen LogP contribution in [-0.4, -0.2) is 43.0 Å². The molecule has 4 rings (SSSR count). The third-order valence-electron chi connectivity index (χ3n) is 6.55. The maximum absolute atomic E-state index is 13.0. The molecule has 12 heteroatoms. The Balaban J connectivity index is 1.58. The topological polar surface area (TPSA) is 153 Å². The molecule has 2 atom stereocenters. The highest BCUT2D eigenvalue weighted by Crippen LogP contribution is 2.36. The molecule has 4 amide bonds. The van der Waals surface area contributed by atoms with Crippen molar-refractivity contribution in [2.45, 2.75) is 65.8 Å². The van der Waals surface area contributed by atoms with Gasteiger partial charge in [0.15, 0.2) is 0 Å². The lowest BCUT2D eigenvalue weighted by Gasteiger charge is -2.30. The van der Waals surface area contributed by atoms with Crippen LogP contribution in [0.4, 0.5) is 9.59 Å². The first-order valence-electron chi connectivity index (χ1n) is 13.9. The minimum absolute atomic E-state index is 0.250. The fourth-order valence-electron chi connectivity index (χ4n) is 4.81. The van der Waals surface area contributed by atoms with Crippen LogP contribution in [0.15, 0.2) is 71.1 Å². The SMILES string of the molecule is CC1=C(C(=O)OC(C)C)C(c2ccccc2OCOc2ccccc2C2NC(=O)NC(C)=C2C(=O)OC(C)C)NC(=O)N1. The second-order valence-corrected chi connectivity index (χ2v) is 10.5. The van der Waals surface area contributed by atoms with E-state index in [1.54, 1.807) is 90.1 Å². The van der Waals surface area contributed by atoms with Crippen LogP contribution >= 0.6 is 0 Å². The van der Waals surface area contributed by atoms with Gasteiger partial charge in [0.25, 0.3) is 0 Å². The zero-order chi connectivity index (χ0) is 31.3. The van der Waals surface area contributed by atoms with Crippen molar-refractivity contribution in [2.75, 3.05) is 6.79 Å². The van der Waals surface area contributed by atoms with E-state index in [4.69, 9.17) is 18.9 Å². The maximum Gasteiger partial charge on any atom is 0.338 e. The van der Waals surface area contributed by atoms with Crippen molar-refractivity contribution in [1.29, 1.82) is 0 Å². The Labute approximate surface area is 249 Å². The number of nitrogens with one attached hydrogen (secondary N) is 4. The summed E-state index contributed by atoms with van der Waals surface area (Å²) in [6.45, 7) is 9.97. The van der Waals surface area contributed by atoms with E-state index in [0.29, 0.717) is 34.0 Å². The van der Waals surface area contributed by atoms with Crippen LogP contribution in [0.25, 0.3) is 0 Å². The van der Waals surface area contributed by atoms with Gasteiger partial charge in [-0.05, 0) is 53.7 Å². The van der Waals surface area contributed by atoms with E-state index in [0.717, 1.165) is 0 Å². The van der Waals surface area contributed by atoms with Crippen molar-refractivity contribution < 1.29 is 38.1 Å². The highest BCUT2D eigenvalue weighted by atomic mass is 16.7. The number of ether oxygens (including phenoxy) is 4. The number of para-hydroxylation sites is 2. The number of carbonyl (C=O) groups is 4. The quantitative estimate of drug-likeness (QED) is 0.236. The third-order valence-corrected chi connectivity index (χ3v) is 6.55. The van der Waals surface area contributed by atoms with Gasteiger partial charge in [-0.2, -0.15) is 0 Å². The summed E-state index contributed by atoms with van der Waals surface area (Å²) in [6, 6.07) is 11.3. The first-order chi connectivity index (χ1) is 20.5. The van der Waals surface area contributed by atoms with Gasteiger partial charge in [-0.3, -0.25) is 0 Å². The molecule has 2 unspecified atom stereocenters. The highest BCUT2D eigenvalue weighted by Gasteiger charge is 2.36. The number of hydrogen-bond acceptors (Lipinski definition) is 8. The number of amides is 4. The molecule has 4 N–H and O–H groups in total. The van der Waals surface area contributed by atoms with Gasteiger partial charge in [0.05, 0.1) is 35.4 Å². The molecule has 2 aliphatic heterocycles. The second-order valence-electron chi connectivity index (χ2n) is 10.5. The number of allylic oxidation sites excluding steroid dienone is 2. The van der Waals surface area contributed by atoms with E-state index in [9.17, 15) is 19.2 Å². The van der Waals surface area contributed by atoms with E-state index in [1.807, 2.05) is 0 Å². The van der Waals surface area contributed by atoms with Crippen LogP contribution in [0, 0.1) is 0 Å². The molecule has 43 heavy (non-hydrogen) atoms. The van der Waals surface area contributed by atoms with Crippen molar-refractivity contribution in [3.8, 4) is 11.5 Å². The Kier molecular flexibility index (Phi) is 9.59. The Morgan fingerprint density at radius 1 is 0.674 bits per heavy atom. The van der Waals surface area contributed by atoms with Crippen LogP contribution < -0.4 is 30.7 Å². The van der Waals surface area contributed by atoms with Crippen LogP contribution in [0.1, 0.15) is 64.8 Å². The standard InChI is InChI=1S/C31H36N4O8/c1-16(2)42-28(36)24-18(5)32-30(38)34-26(24)20-11-7-9-13-22(20)40-15-41-23-14-10-8-12-21(23)27-25(29(37)43-17(3)4)19(6)33-31(39)35-27/h7-14,16-17,26-27H,15H2,1-6H3,(H2,32,34,38)(H2,33,35,39). The summed E-state index contributed by atoms with van der Waals surface area (Å²) in [5, 5.41) is 10.8. The zero-order valence-electron chi connectivity index (χ0n) is 24.9. The average molecular weight is 593 g/mol. The number of carbonyl (C=O) groups excluding carboxylic acids is 4. The molecule has 0 aliphatic carbocycles. The van der Waals surface area contributed by atoms with Gasteiger partial charge in [0.2, 0.25) is 6.79 Å². The molecule has 2 aromatic rings. The number of rotatable bonds is 10. The van der Waals surface area contributed by atoms with Crippen molar-refractivity contribution >= 4 is 24.0 Å². The second kappa shape index (κ2) is 13.3. The molecule has 0 aromatic heterocycles. The summed E-state index contributed by atoms with van der Waals surface area (Å²) in [6.07, 6.45) is -0.718. The van der Waals surface area contributed by atoms with E-state index < -0.39 is 36.1 Å². The Hall–Kier alpha value is -5.00. The summed E-state index contributed by atoms with van der Waals surface area (Å²) in [4.78, 5) is 50.7. The minimum Gasteiger partial charge on any atom is -0.459 e. The van der Waals surface area contributed by atoms with Crippen molar-refractivity contribution in [3.05, 3.63) is 82.2 Å². The minimum atomic E-state index is -0.837. The Morgan fingerprint density at radius 2 is 1.05 bits per heavy atom. The monoisotopic (exact) mass is 592 g/mol. The van der Waals surface area contributed by atoms with Gasteiger partial charge in [-0.1, -0.05) is 36.4 Å². The smallest absolute Gasteiger partial charge is 0.338 e. The van der Waals surface area contributed by atoms with Crippen LogP contribution in [0.2, 0.25) is 0 Å². The van der Waals surface area contributed by atoms with Gasteiger partial charge in [-0.15, -0.1) is 0 Å². The fraction of sp³-hybridized carbons (Fsp3) is 0.355. The number of hydrogen-bond donors (Lipinski definition) is 4. The van der Waals surface area contributed by atoms with E-state index in [2.05, 4.69) is 21.3 Å². The first-order valence-corrected chi connectivity index (χ1v) is 13.9. The summed E-state index contributed by atoms with van der Waals surface area (Å²) >= 11 is 0. The number of esters is 2. The molecular formula is C31H36N4O8. The molecule has 0 saturated heterocycles. The van der Waals surface area contributed by atoms with Gasteiger partial charge >= 0.3 is 24.0 Å². The lowest BCUT2D eigenvalue weighted by molar-refractivity contribution is -0.144. The fourth-order valence-corrected chi connectivity index (χ4v) is 4.81. The third kappa shape index (κ3) is 7.26. The summed E-state index contributed by atoms with van der Waals surface area (Å²) in [5.41, 5.74) is 2.29. The van der Waals surface area contributed by atoms with Gasteiger partial charge in [0.1, 0.15) is 11.5 Å². The molecule has 2 aromatic carbocycles. The Morgan fingerprint density at radius 3 is 1.42 bits per heavy atom. The predicted octanol–water partition coefficient (Wildman–Crippen LogP) is 4.26. The molecule has 0 bridgehead atoms. The largest absolute Gasteiger partial charge is 0.459 e. The molecule has 12 nitrogen and oxygen atoms in total. The summed E-state index contributed by atoms with van der Waals surface area (Å²) in [5.74, 6) is -0.405. The normalized spacial score (nSPS) is 18.4. The maximum atomic E-state index is 13.0. The predicted molar refractivity (Wildman–Crippen MR) is 156 cm³/mol. The van der Waals surface area contributed by atoms with Gasteiger partial charge in [0, 0.05) is 22.5 Å². The van der Waals surface area contributed by atoms with E-state index in [-0.39, 0.29) is 30.1 Å². The van der Waals surface area contributed by atoms with E-state index >= 15 is 0 Å². The van der Waals surface area contributed by atoms with Gasteiger partial charge < -0.3 is 40.2 Å². The van der Waals surface area contributed by atoms with Crippen LogP contribution in [0.5, 0.6) is 11.5 Å². The molecule has 0 radical (unpaired) electrons. The van der Waals surface area contributed by atoms with Crippen molar-refractivity contribution in [2.24, 2.45) is 0 Å². The molecule has 0 spiro atoms. The molecule has 228 valence electrons. The van der Waals surface area contributed by atoms with Crippen LogP contribution in [-0.2, 0) is 19.1 Å². The molecular weight excluding hydrogens is 556 g/mol. The molecule has 2 heterocycles. The van der Waals surface area contributed by atoms with Crippen molar-refractivity contribution in [1.82, 2.24) is 21.3 Å². The zero-order valence-corrected chi connectivity index (χ0v) is 24.9. The molecule has 0 fully saturated rings. The van der Waals surface area contributed by atoms with Crippen molar-refractivity contribution in [3.63, 3.8) is 0 Å². The Bertz CT molecular complexity index is 1370. The summed E-state index contributed by atoms with van der Waals surface area (Å²) in [7, 11) is 0. The molecule has 0 saturated carbocycles. The lowest BCUT2D eigenvalue weighted by atomic mass is 9.94. The van der Waals surface area contributed by atoms with Gasteiger partial charge in [-0.25, -0.2) is 19.2 Å². The van der Waals surface area contributed by atoms with Crippen LogP contribution in [0.3, 0.4) is 0 Å². The average Bonchev–Trinajstić information content (AvgIpc) is 2.91. The van der Waals surface area contributed by atoms with E-state index in [1.165, 1.54) is 0 Å². The summed E-state index contributed by atoms with van der Waals surface area (Å²) < 4.78 is 22.9. The lowest BCUT2D eigenvalue weighted by Crippen LogP contribution is -2.45. The number of benzene rings is 2. The first kappa shape index (κ1) is 30.9.